The first kappa shape index (κ1) is 10.4. The van der Waals surface area contributed by atoms with Gasteiger partial charge in [0.2, 0.25) is 0 Å². The molecule has 2 aromatic rings. The molecule has 7 heteroatoms. The van der Waals surface area contributed by atoms with E-state index in [4.69, 9.17) is 10.8 Å². The SMILES string of the molecule is NC(=O)c1scc(C(=O)O)c1-c1ccn[nH]1. The number of aromatic amines is 1. The molecule has 0 aliphatic rings. The number of carbonyl (C=O) groups excluding carboxylic acids is 1. The van der Waals surface area contributed by atoms with Crippen LogP contribution in [0.4, 0.5) is 0 Å². The lowest BCUT2D eigenvalue weighted by Crippen LogP contribution is -2.11. The lowest BCUT2D eigenvalue weighted by molar-refractivity contribution is 0.0698. The van der Waals surface area contributed by atoms with Gasteiger partial charge in [0, 0.05) is 17.1 Å². The molecular weight excluding hydrogens is 230 g/mol. The average molecular weight is 237 g/mol. The summed E-state index contributed by atoms with van der Waals surface area (Å²) >= 11 is 1.01. The summed E-state index contributed by atoms with van der Waals surface area (Å²) in [5, 5.41) is 16.7. The number of carbonyl (C=O) groups is 2. The van der Waals surface area contributed by atoms with E-state index in [1.165, 1.54) is 11.6 Å². The van der Waals surface area contributed by atoms with Gasteiger partial charge in [-0.3, -0.25) is 9.89 Å². The second-order valence-corrected chi connectivity index (χ2v) is 3.87. The molecule has 0 spiro atoms. The molecule has 0 aliphatic carbocycles. The van der Waals surface area contributed by atoms with E-state index in [9.17, 15) is 9.59 Å². The van der Waals surface area contributed by atoms with Crippen molar-refractivity contribution in [2.45, 2.75) is 0 Å². The molecule has 0 aromatic carbocycles. The number of primary amides is 1. The quantitative estimate of drug-likeness (QED) is 0.737. The molecule has 0 radical (unpaired) electrons. The van der Waals surface area contributed by atoms with Crippen molar-refractivity contribution in [2.75, 3.05) is 0 Å². The van der Waals surface area contributed by atoms with Crippen LogP contribution in [0.2, 0.25) is 0 Å². The molecule has 2 rings (SSSR count). The summed E-state index contributed by atoms with van der Waals surface area (Å²) in [6, 6.07) is 1.58. The van der Waals surface area contributed by atoms with Crippen molar-refractivity contribution in [2.24, 2.45) is 5.73 Å². The molecule has 16 heavy (non-hydrogen) atoms. The Labute approximate surface area is 93.7 Å². The predicted molar refractivity (Wildman–Crippen MR) is 57.4 cm³/mol. The molecular formula is C9H7N3O3S. The lowest BCUT2D eigenvalue weighted by Gasteiger charge is -1.99. The number of hydrogen-bond acceptors (Lipinski definition) is 4. The van der Waals surface area contributed by atoms with E-state index in [-0.39, 0.29) is 10.4 Å². The van der Waals surface area contributed by atoms with E-state index in [1.807, 2.05) is 0 Å². The fourth-order valence-corrected chi connectivity index (χ4v) is 2.27. The minimum absolute atomic E-state index is 0.0445. The van der Waals surface area contributed by atoms with Crippen molar-refractivity contribution in [1.82, 2.24) is 10.2 Å². The van der Waals surface area contributed by atoms with Crippen LogP contribution in [0.5, 0.6) is 0 Å². The molecule has 0 atom stereocenters. The van der Waals surface area contributed by atoms with Gasteiger partial charge in [-0.25, -0.2) is 4.79 Å². The smallest absolute Gasteiger partial charge is 0.337 e. The first-order valence-electron chi connectivity index (χ1n) is 4.25. The largest absolute Gasteiger partial charge is 0.478 e. The molecule has 0 saturated carbocycles. The average Bonchev–Trinajstić information content (AvgIpc) is 2.85. The van der Waals surface area contributed by atoms with Gasteiger partial charge in [-0.1, -0.05) is 0 Å². The van der Waals surface area contributed by atoms with Crippen LogP contribution in [0.25, 0.3) is 11.3 Å². The topological polar surface area (TPSA) is 109 Å². The minimum Gasteiger partial charge on any atom is -0.478 e. The van der Waals surface area contributed by atoms with Crippen molar-refractivity contribution in [3.8, 4) is 11.3 Å². The Balaban J connectivity index is 2.68. The maximum absolute atomic E-state index is 11.2. The highest BCUT2D eigenvalue weighted by Gasteiger charge is 2.22. The number of nitrogens with two attached hydrogens (primary N) is 1. The number of nitrogens with zero attached hydrogens (tertiary/aromatic N) is 1. The molecule has 0 unspecified atom stereocenters. The third-order valence-corrected chi connectivity index (χ3v) is 3.01. The van der Waals surface area contributed by atoms with Crippen LogP contribution in [0.15, 0.2) is 17.6 Å². The standard InChI is InChI=1S/C9H7N3O3S/c10-8(13)7-6(5-1-2-11-12-5)4(3-16-7)9(14)15/h1-3H,(H2,10,13)(H,11,12)(H,14,15). The number of H-pyrrole nitrogens is 1. The molecule has 0 saturated heterocycles. The van der Waals surface area contributed by atoms with Crippen molar-refractivity contribution in [3.63, 3.8) is 0 Å². The highest BCUT2D eigenvalue weighted by Crippen LogP contribution is 2.31. The van der Waals surface area contributed by atoms with Gasteiger partial charge in [-0.15, -0.1) is 11.3 Å². The number of aromatic carboxylic acids is 1. The summed E-state index contributed by atoms with van der Waals surface area (Å²) in [6.07, 6.45) is 1.48. The summed E-state index contributed by atoms with van der Waals surface area (Å²) in [4.78, 5) is 22.3. The summed E-state index contributed by atoms with van der Waals surface area (Å²) in [5.41, 5.74) is 5.98. The fourth-order valence-electron chi connectivity index (χ4n) is 1.36. The van der Waals surface area contributed by atoms with Gasteiger partial charge in [-0.05, 0) is 6.07 Å². The third-order valence-electron chi connectivity index (χ3n) is 2.02. The Kier molecular flexibility index (Phi) is 2.45. The molecule has 2 heterocycles. The Morgan fingerprint density at radius 1 is 1.50 bits per heavy atom. The van der Waals surface area contributed by atoms with Crippen LogP contribution in [0.1, 0.15) is 20.0 Å². The third kappa shape index (κ3) is 1.57. The molecule has 82 valence electrons. The van der Waals surface area contributed by atoms with Crippen molar-refractivity contribution in [3.05, 3.63) is 28.1 Å². The van der Waals surface area contributed by atoms with Gasteiger partial charge in [0.25, 0.3) is 5.91 Å². The first-order valence-corrected chi connectivity index (χ1v) is 5.13. The molecule has 0 aliphatic heterocycles. The Hall–Kier alpha value is -2.15. The van der Waals surface area contributed by atoms with Crippen LogP contribution in [0, 0.1) is 0 Å². The van der Waals surface area contributed by atoms with E-state index in [1.54, 1.807) is 6.07 Å². The zero-order chi connectivity index (χ0) is 11.7. The molecule has 1 amide bonds. The van der Waals surface area contributed by atoms with E-state index in [0.717, 1.165) is 11.3 Å². The molecule has 4 N–H and O–H groups in total. The second kappa shape index (κ2) is 3.78. The van der Waals surface area contributed by atoms with Crippen LogP contribution < -0.4 is 5.73 Å². The van der Waals surface area contributed by atoms with Gasteiger partial charge in [-0.2, -0.15) is 5.10 Å². The van der Waals surface area contributed by atoms with E-state index in [2.05, 4.69) is 10.2 Å². The van der Waals surface area contributed by atoms with Gasteiger partial charge < -0.3 is 10.8 Å². The molecule has 2 aromatic heterocycles. The maximum Gasteiger partial charge on any atom is 0.337 e. The zero-order valence-electron chi connectivity index (χ0n) is 7.93. The summed E-state index contributed by atoms with van der Waals surface area (Å²) in [6.45, 7) is 0. The highest BCUT2D eigenvalue weighted by atomic mass is 32.1. The van der Waals surface area contributed by atoms with Crippen molar-refractivity contribution >= 4 is 23.2 Å². The van der Waals surface area contributed by atoms with Crippen LogP contribution in [0.3, 0.4) is 0 Å². The zero-order valence-corrected chi connectivity index (χ0v) is 8.75. The number of hydrogen-bond donors (Lipinski definition) is 3. The van der Waals surface area contributed by atoms with Crippen molar-refractivity contribution < 1.29 is 14.7 Å². The Bertz CT molecular complexity index is 513. The summed E-state index contributed by atoms with van der Waals surface area (Å²) in [7, 11) is 0. The first-order chi connectivity index (χ1) is 7.61. The molecule has 0 fully saturated rings. The monoisotopic (exact) mass is 237 g/mol. The highest BCUT2D eigenvalue weighted by molar-refractivity contribution is 7.13. The number of rotatable bonds is 3. The number of carboxylic acid groups (broad SMARTS) is 1. The Morgan fingerprint density at radius 2 is 2.25 bits per heavy atom. The fraction of sp³-hybridized carbons (Fsp3) is 0. The van der Waals surface area contributed by atoms with E-state index in [0.29, 0.717) is 11.3 Å². The second-order valence-electron chi connectivity index (χ2n) is 2.99. The van der Waals surface area contributed by atoms with Gasteiger partial charge in [0.1, 0.15) is 4.88 Å². The Morgan fingerprint density at radius 3 is 2.75 bits per heavy atom. The van der Waals surface area contributed by atoms with Crippen molar-refractivity contribution in [1.29, 1.82) is 0 Å². The van der Waals surface area contributed by atoms with Crippen LogP contribution >= 0.6 is 11.3 Å². The van der Waals surface area contributed by atoms with Crippen LogP contribution in [-0.2, 0) is 0 Å². The summed E-state index contributed by atoms with van der Waals surface area (Å²) in [5.74, 6) is -1.75. The van der Waals surface area contributed by atoms with E-state index < -0.39 is 11.9 Å². The number of amides is 1. The van der Waals surface area contributed by atoms with Crippen LogP contribution in [-0.4, -0.2) is 27.2 Å². The number of thiophene rings is 1. The van der Waals surface area contributed by atoms with Gasteiger partial charge in [0.05, 0.1) is 11.3 Å². The predicted octanol–water partition coefficient (Wildman–Crippen LogP) is 0.935. The number of carboxylic acids is 1. The number of aromatic nitrogens is 2. The summed E-state index contributed by atoms with van der Waals surface area (Å²) < 4.78 is 0. The van der Waals surface area contributed by atoms with Gasteiger partial charge in [0.15, 0.2) is 0 Å². The van der Waals surface area contributed by atoms with Gasteiger partial charge >= 0.3 is 5.97 Å². The molecule has 0 bridgehead atoms. The minimum atomic E-state index is -1.10. The normalized spacial score (nSPS) is 10.2. The molecule has 6 nitrogen and oxygen atoms in total. The maximum atomic E-state index is 11.2. The van der Waals surface area contributed by atoms with E-state index >= 15 is 0 Å². The lowest BCUT2D eigenvalue weighted by atomic mass is 10.1. The number of nitrogens with one attached hydrogen (secondary N) is 1.